The van der Waals surface area contributed by atoms with Gasteiger partial charge in [0.05, 0.1) is 18.3 Å². The maximum absolute atomic E-state index is 12.3. The number of rotatable bonds is 6. The number of thioether (sulfide) groups is 1. The molecule has 0 bridgehead atoms. The second kappa shape index (κ2) is 9.82. The average Bonchev–Trinajstić information content (AvgIpc) is 3.07. The molecule has 29 heavy (non-hydrogen) atoms. The standard InChI is InChI=1S/C17H17F3N4O2S.C2H6/c1-9-6-11-14(23-15(9)26-8-17(18,19)20)24-16(22-11)27-7-12-10(2)13(25-3)4-5-21-12;1-2/h4-6H,7-8H2,1-3H3,(H,22,23,24);1-2H3. The van der Waals surface area contributed by atoms with Crippen LogP contribution in [-0.2, 0) is 5.75 Å². The number of hydrogen-bond donors (Lipinski definition) is 1. The van der Waals surface area contributed by atoms with E-state index in [4.69, 9.17) is 9.47 Å². The third-order valence-electron chi connectivity index (χ3n) is 3.79. The summed E-state index contributed by atoms with van der Waals surface area (Å²) >= 11 is 1.42. The van der Waals surface area contributed by atoms with Crippen molar-refractivity contribution >= 4 is 22.9 Å². The van der Waals surface area contributed by atoms with Gasteiger partial charge in [-0.05, 0) is 26.0 Å². The number of halogens is 3. The van der Waals surface area contributed by atoms with E-state index in [2.05, 4.69) is 19.9 Å². The van der Waals surface area contributed by atoms with E-state index in [1.54, 1.807) is 32.4 Å². The minimum absolute atomic E-state index is 0.0758. The molecule has 0 saturated heterocycles. The zero-order valence-corrected chi connectivity index (χ0v) is 17.7. The van der Waals surface area contributed by atoms with Crippen LogP contribution in [0.15, 0.2) is 23.5 Å². The van der Waals surface area contributed by atoms with Crippen molar-refractivity contribution in [2.45, 2.75) is 44.8 Å². The summed E-state index contributed by atoms with van der Waals surface area (Å²) in [5.74, 6) is 1.24. The van der Waals surface area contributed by atoms with E-state index in [-0.39, 0.29) is 5.88 Å². The molecule has 0 aliphatic rings. The van der Waals surface area contributed by atoms with E-state index in [0.717, 1.165) is 17.0 Å². The van der Waals surface area contributed by atoms with Crippen LogP contribution < -0.4 is 9.47 Å². The van der Waals surface area contributed by atoms with Crippen molar-refractivity contribution in [3.63, 3.8) is 0 Å². The lowest BCUT2D eigenvalue weighted by molar-refractivity contribution is -0.154. The molecule has 158 valence electrons. The normalized spacial score (nSPS) is 11.2. The fourth-order valence-electron chi connectivity index (χ4n) is 2.43. The quantitative estimate of drug-likeness (QED) is 0.542. The van der Waals surface area contributed by atoms with Crippen molar-refractivity contribution in [2.24, 2.45) is 0 Å². The van der Waals surface area contributed by atoms with E-state index in [1.165, 1.54) is 11.8 Å². The van der Waals surface area contributed by atoms with Crippen molar-refractivity contribution < 1.29 is 22.6 Å². The van der Waals surface area contributed by atoms with Crippen LogP contribution in [0.5, 0.6) is 11.6 Å². The number of nitrogens with one attached hydrogen (secondary N) is 1. The number of fused-ring (bicyclic) bond motifs is 1. The lowest BCUT2D eigenvalue weighted by Gasteiger charge is -2.09. The molecule has 0 aromatic carbocycles. The number of aromatic nitrogens is 4. The molecule has 0 atom stereocenters. The van der Waals surface area contributed by atoms with Crippen molar-refractivity contribution in [2.75, 3.05) is 13.7 Å². The molecule has 0 aliphatic heterocycles. The van der Waals surface area contributed by atoms with Crippen LogP contribution in [0.1, 0.15) is 30.7 Å². The summed E-state index contributed by atoms with van der Waals surface area (Å²) in [6, 6.07) is 3.46. The minimum atomic E-state index is -4.42. The predicted octanol–water partition coefficient (Wildman–Crippen LogP) is 5.24. The SMILES string of the molecule is CC.COc1ccnc(CSc2nc3nc(OCC(F)(F)F)c(C)cc3[nH]2)c1C. The summed E-state index contributed by atoms with van der Waals surface area (Å²) in [5, 5.41) is 0.592. The van der Waals surface area contributed by atoms with Crippen molar-refractivity contribution in [1.29, 1.82) is 0 Å². The first kappa shape index (κ1) is 22.8. The Bertz CT molecular complexity index is 961. The number of hydrogen-bond acceptors (Lipinski definition) is 6. The Labute approximate surface area is 171 Å². The van der Waals surface area contributed by atoms with E-state index in [9.17, 15) is 13.2 Å². The molecule has 0 aliphatic carbocycles. The van der Waals surface area contributed by atoms with Gasteiger partial charge in [0.2, 0.25) is 5.88 Å². The van der Waals surface area contributed by atoms with Gasteiger partial charge in [-0.15, -0.1) is 0 Å². The molecule has 0 unspecified atom stereocenters. The number of aromatic amines is 1. The average molecular weight is 428 g/mol. The Kier molecular flexibility index (Phi) is 7.72. The Morgan fingerprint density at radius 3 is 2.55 bits per heavy atom. The number of aryl methyl sites for hydroxylation is 1. The molecule has 0 amide bonds. The Morgan fingerprint density at radius 2 is 1.90 bits per heavy atom. The number of nitrogens with zero attached hydrogens (tertiary/aromatic N) is 3. The van der Waals surface area contributed by atoms with Crippen LogP contribution in [0, 0.1) is 13.8 Å². The van der Waals surface area contributed by atoms with Crippen LogP contribution in [0.2, 0.25) is 0 Å². The highest BCUT2D eigenvalue weighted by molar-refractivity contribution is 7.98. The Hall–Kier alpha value is -2.49. The predicted molar refractivity (Wildman–Crippen MR) is 107 cm³/mol. The molecule has 0 fully saturated rings. The molecule has 3 rings (SSSR count). The maximum atomic E-state index is 12.3. The van der Waals surface area contributed by atoms with E-state index in [0.29, 0.717) is 27.6 Å². The van der Waals surface area contributed by atoms with E-state index >= 15 is 0 Å². The van der Waals surface area contributed by atoms with Crippen molar-refractivity contribution in [3.05, 3.63) is 35.2 Å². The smallest absolute Gasteiger partial charge is 0.422 e. The van der Waals surface area contributed by atoms with Gasteiger partial charge in [0, 0.05) is 23.1 Å². The third kappa shape index (κ3) is 5.99. The molecule has 1 N–H and O–H groups in total. The van der Waals surface area contributed by atoms with Gasteiger partial charge >= 0.3 is 6.18 Å². The van der Waals surface area contributed by atoms with Gasteiger partial charge in [0.15, 0.2) is 17.4 Å². The minimum Gasteiger partial charge on any atom is -0.496 e. The van der Waals surface area contributed by atoms with Gasteiger partial charge in [-0.3, -0.25) is 4.98 Å². The number of alkyl halides is 3. The van der Waals surface area contributed by atoms with Gasteiger partial charge in [-0.2, -0.15) is 18.2 Å². The van der Waals surface area contributed by atoms with Crippen LogP contribution in [0.3, 0.4) is 0 Å². The molecule has 3 heterocycles. The lowest BCUT2D eigenvalue weighted by atomic mass is 10.2. The van der Waals surface area contributed by atoms with Crippen LogP contribution in [-0.4, -0.2) is 39.8 Å². The number of pyridine rings is 2. The second-order valence-corrected chi connectivity index (χ2v) is 6.77. The number of ether oxygens (including phenoxy) is 2. The topological polar surface area (TPSA) is 72.9 Å². The van der Waals surface area contributed by atoms with Crippen LogP contribution in [0.25, 0.3) is 11.2 Å². The van der Waals surface area contributed by atoms with Gasteiger partial charge in [0.25, 0.3) is 0 Å². The number of H-pyrrole nitrogens is 1. The van der Waals surface area contributed by atoms with Crippen molar-refractivity contribution in [1.82, 2.24) is 19.9 Å². The molecule has 10 heteroatoms. The molecular weight excluding hydrogens is 405 g/mol. The molecule has 3 aromatic rings. The van der Waals surface area contributed by atoms with E-state index in [1.807, 2.05) is 20.8 Å². The molecule has 6 nitrogen and oxygen atoms in total. The molecule has 3 aromatic heterocycles. The largest absolute Gasteiger partial charge is 0.496 e. The van der Waals surface area contributed by atoms with Crippen LogP contribution in [0.4, 0.5) is 13.2 Å². The first-order valence-electron chi connectivity index (χ1n) is 8.95. The van der Waals surface area contributed by atoms with Gasteiger partial charge in [0.1, 0.15) is 5.75 Å². The Balaban J connectivity index is 0.00000145. The fraction of sp³-hybridized carbons (Fsp3) is 0.421. The fourth-order valence-corrected chi connectivity index (χ4v) is 3.33. The van der Waals surface area contributed by atoms with Gasteiger partial charge in [-0.1, -0.05) is 25.6 Å². The van der Waals surface area contributed by atoms with Gasteiger partial charge < -0.3 is 14.5 Å². The lowest BCUT2D eigenvalue weighted by Crippen LogP contribution is -2.20. The highest BCUT2D eigenvalue weighted by atomic mass is 32.2. The summed E-state index contributed by atoms with van der Waals surface area (Å²) in [6.45, 7) is 6.17. The summed E-state index contributed by atoms with van der Waals surface area (Å²) < 4.78 is 47.1. The zero-order chi connectivity index (χ0) is 21.6. The first-order chi connectivity index (χ1) is 13.8. The molecular formula is C19H23F3N4O2S. The van der Waals surface area contributed by atoms with Crippen molar-refractivity contribution in [3.8, 4) is 11.6 Å². The monoisotopic (exact) mass is 428 g/mol. The molecule has 0 spiro atoms. The van der Waals surface area contributed by atoms with Crippen LogP contribution >= 0.6 is 11.8 Å². The highest BCUT2D eigenvalue weighted by Crippen LogP contribution is 2.28. The summed E-state index contributed by atoms with van der Waals surface area (Å²) in [4.78, 5) is 15.9. The zero-order valence-electron chi connectivity index (χ0n) is 16.8. The van der Waals surface area contributed by atoms with Gasteiger partial charge in [-0.25, -0.2) is 4.98 Å². The number of imidazole rings is 1. The third-order valence-corrected chi connectivity index (χ3v) is 4.68. The highest BCUT2D eigenvalue weighted by Gasteiger charge is 2.29. The maximum Gasteiger partial charge on any atom is 0.422 e. The Morgan fingerprint density at radius 1 is 1.17 bits per heavy atom. The molecule has 0 saturated carbocycles. The first-order valence-corrected chi connectivity index (χ1v) is 9.93. The summed E-state index contributed by atoms with van der Waals surface area (Å²) in [6.07, 6.45) is -2.74. The summed E-state index contributed by atoms with van der Waals surface area (Å²) in [5.41, 5.74) is 3.23. The molecule has 0 radical (unpaired) electrons. The second-order valence-electron chi connectivity index (χ2n) is 5.80. The van der Waals surface area contributed by atoms with E-state index < -0.39 is 12.8 Å². The number of methoxy groups -OCH3 is 1. The summed E-state index contributed by atoms with van der Waals surface area (Å²) in [7, 11) is 1.60.